The first-order chi connectivity index (χ1) is 12.3. The third-order valence-electron chi connectivity index (χ3n) is 5.07. The molecule has 0 spiro atoms. The SMILES string of the molecule is CCc1cc(N2CCC[C@@H](C(=O)N3CCOCC3)C2)n2ncnc2n1. The Balaban J connectivity index is 1.57. The lowest BCUT2D eigenvalue weighted by atomic mass is 9.96. The number of hydrogen-bond acceptors (Lipinski definition) is 6. The van der Waals surface area contributed by atoms with E-state index in [0.29, 0.717) is 32.1 Å². The lowest BCUT2D eigenvalue weighted by molar-refractivity contribution is -0.139. The zero-order valence-electron chi connectivity index (χ0n) is 14.6. The van der Waals surface area contributed by atoms with Crippen molar-refractivity contribution in [3.63, 3.8) is 0 Å². The third-order valence-corrected chi connectivity index (χ3v) is 5.07. The minimum absolute atomic E-state index is 0.0312. The van der Waals surface area contributed by atoms with Crippen LogP contribution < -0.4 is 4.90 Å². The van der Waals surface area contributed by atoms with E-state index in [0.717, 1.165) is 43.9 Å². The van der Waals surface area contributed by atoms with E-state index in [-0.39, 0.29) is 11.8 Å². The van der Waals surface area contributed by atoms with Gasteiger partial charge in [0.25, 0.3) is 5.78 Å². The Morgan fingerprint density at radius 3 is 2.96 bits per heavy atom. The molecule has 0 unspecified atom stereocenters. The van der Waals surface area contributed by atoms with E-state index >= 15 is 0 Å². The van der Waals surface area contributed by atoms with Crippen molar-refractivity contribution < 1.29 is 9.53 Å². The van der Waals surface area contributed by atoms with Crippen LogP contribution in [0.25, 0.3) is 5.78 Å². The third kappa shape index (κ3) is 3.18. The van der Waals surface area contributed by atoms with Crippen LogP contribution in [-0.4, -0.2) is 69.8 Å². The van der Waals surface area contributed by atoms with Crippen LogP contribution in [0.15, 0.2) is 12.4 Å². The normalized spacial score (nSPS) is 21.7. The largest absolute Gasteiger partial charge is 0.378 e. The summed E-state index contributed by atoms with van der Waals surface area (Å²) in [5.41, 5.74) is 0.997. The van der Waals surface area contributed by atoms with Gasteiger partial charge < -0.3 is 14.5 Å². The quantitative estimate of drug-likeness (QED) is 0.818. The van der Waals surface area contributed by atoms with Crippen LogP contribution in [0.3, 0.4) is 0 Å². The number of morpholine rings is 1. The first-order valence-electron chi connectivity index (χ1n) is 9.07. The van der Waals surface area contributed by atoms with Gasteiger partial charge >= 0.3 is 0 Å². The molecule has 2 aliphatic rings. The molecule has 0 aliphatic carbocycles. The average Bonchev–Trinajstić information content (AvgIpc) is 3.16. The van der Waals surface area contributed by atoms with Gasteiger partial charge in [0.15, 0.2) is 0 Å². The van der Waals surface area contributed by atoms with Crippen molar-refractivity contribution in [1.29, 1.82) is 0 Å². The van der Waals surface area contributed by atoms with Crippen molar-refractivity contribution in [2.75, 3.05) is 44.3 Å². The zero-order valence-corrected chi connectivity index (χ0v) is 14.6. The first kappa shape index (κ1) is 16.3. The summed E-state index contributed by atoms with van der Waals surface area (Å²) >= 11 is 0. The van der Waals surface area contributed by atoms with E-state index < -0.39 is 0 Å². The van der Waals surface area contributed by atoms with Crippen molar-refractivity contribution >= 4 is 17.5 Å². The van der Waals surface area contributed by atoms with E-state index in [9.17, 15) is 4.79 Å². The summed E-state index contributed by atoms with van der Waals surface area (Å²) in [6, 6.07) is 2.07. The minimum Gasteiger partial charge on any atom is -0.378 e. The van der Waals surface area contributed by atoms with Crippen molar-refractivity contribution in [3.05, 3.63) is 18.1 Å². The highest BCUT2D eigenvalue weighted by molar-refractivity contribution is 5.80. The van der Waals surface area contributed by atoms with Crippen LogP contribution in [-0.2, 0) is 16.0 Å². The highest BCUT2D eigenvalue weighted by Gasteiger charge is 2.31. The van der Waals surface area contributed by atoms with Crippen LogP contribution >= 0.6 is 0 Å². The number of carbonyl (C=O) groups excluding carboxylic acids is 1. The lowest BCUT2D eigenvalue weighted by Crippen LogP contribution is -2.48. The first-order valence-corrected chi connectivity index (χ1v) is 9.07. The maximum Gasteiger partial charge on any atom is 0.254 e. The standard InChI is InChI=1S/C17H24N6O2/c1-2-14-10-15(23-17(20-14)18-12-19-23)22-5-3-4-13(11-22)16(24)21-6-8-25-9-7-21/h10,12-13H,2-9,11H2,1H3/t13-/m1/s1. The van der Waals surface area contributed by atoms with E-state index in [1.54, 1.807) is 4.52 Å². The van der Waals surface area contributed by atoms with Gasteiger partial charge in [0.05, 0.1) is 19.1 Å². The summed E-state index contributed by atoms with van der Waals surface area (Å²) in [6.07, 6.45) is 4.32. The second-order valence-electron chi connectivity index (χ2n) is 6.65. The zero-order chi connectivity index (χ0) is 17.2. The molecule has 1 amide bonds. The molecular formula is C17H24N6O2. The molecule has 8 heteroatoms. The molecule has 0 saturated carbocycles. The number of aromatic nitrogens is 4. The number of piperidine rings is 1. The average molecular weight is 344 g/mol. The monoisotopic (exact) mass is 344 g/mol. The molecule has 8 nitrogen and oxygen atoms in total. The number of fused-ring (bicyclic) bond motifs is 1. The summed E-state index contributed by atoms with van der Waals surface area (Å²) < 4.78 is 7.14. The Labute approximate surface area is 146 Å². The molecule has 25 heavy (non-hydrogen) atoms. The van der Waals surface area contributed by atoms with Gasteiger partial charge in [-0.05, 0) is 19.3 Å². The van der Waals surface area contributed by atoms with Gasteiger partial charge in [0, 0.05) is 37.9 Å². The molecule has 2 saturated heterocycles. The Bertz CT molecular complexity index is 755. The van der Waals surface area contributed by atoms with Gasteiger partial charge in [0.1, 0.15) is 12.1 Å². The predicted octanol–water partition coefficient (Wildman–Crippen LogP) is 0.762. The number of hydrogen-bond donors (Lipinski definition) is 0. The second kappa shape index (κ2) is 6.95. The van der Waals surface area contributed by atoms with Crippen LogP contribution in [0, 0.1) is 5.92 Å². The van der Waals surface area contributed by atoms with Gasteiger partial charge in [0.2, 0.25) is 5.91 Å². The Kier molecular flexibility index (Phi) is 4.52. The number of nitrogens with zero attached hydrogens (tertiary/aromatic N) is 6. The molecule has 2 aliphatic heterocycles. The smallest absolute Gasteiger partial charge is 0.254 e. The number of ether oxygens (including phenoxy) is 1. The van der Waals surface area contributed by atoms with Crippen molar-refractivity contribution in [1.82, 2.24) is 24.5 Å². The molecule has 2 aromatic heterocycles. The molecule has 0 bridgehead atoms. The molecule has 0 N–H and O–H groups in total. The molecule has 134 valence electrons. The molecule has 4 rings (SSSR count). The number of amides is 1. The fourth-order valence-electron chi connectivity index (χ4n) is 3.68. The van der Waals surface area contributed by atoms with Crippen LogP contribution in [0.1, 0.15) is 25.5 Å². The molecule has 1 atom stereocenters. The van der Waals surface area contributed by atoms with E-state index in [2.05, 4.69) is 33.0 Å². The fraction of sp³-hybridized carbons (Fsp3) is 0.647. The van der Waals surface area contributed by atoms with Crippen molar-refractivity contribution in [2.45, 2.75) is 26.2 Å². The lowest BCUT2D eigenvalue weighted by Gasteiger charge is -2.37. The summed E-state index contributed by atoms with van der Waals surface area (Å²) in [4.78, 5) is 25.8. The van der Waals surface area contributed by atoms with Crippen molar-refractivity contribution in [2.24, 2.45) is 5.92 Å². The minimum atomic E-state index is 0.0312. The summed E-state index contributed by atoms with van der Waals surface area (Å²) in [5, 5.41) is 4.32. The summed E-state index contributed by atoms with van der Waals surface area (Å²) in [7, 11) is 0. The number of carbonyl (C=O) groups is 1. The Morgan fingerprint density at radius 1 is 1.32 bits per heavy atom. The van der Waals surface area contributed by atoms with E-state index in [1.165, 1.54) is 6.33 Å². The predicted molar refractivity (Wildman–Crippen MR) is 92.5 cm³/mol. The molecule has 4 heterocycles. The number of anilines is 1. The highest BCUT2D eigenvalue weighted by atomic mass is 16.5. The summed E-state index contributed by atoms with van der Waals surface area (Å²) in [6.45, 7) is 6.43. The molecular weight excluding hydrogens is 320 g/mol. The second-order valence-corrected chi connectivity index (χ2v) is 6.65. The van der Waals surface area contributed by atoms with Crippen molar-refractivity contribution in [3.8, 4) is 0 Å². The molecule has 0 aromatic carbocycles. The fourth-order valence-corrected chi connectivity index (χ4v) is 3.68. The van der Waals surface area contributed by atoms with E-state index in [1.807, 2.05) is 4.90 Å². The van der Waals surface area contributed by atoms with Gasteiger partial charge in [-0.15, -0.1) is 0 Å². The highest BCUT2D eigenvalue weighted by Crippen LogP contribution is 2.25. The number of rotatable bonds is 3. The van der Waals surface area contributed by atoms with Crippen LogP contribution in [0.2, 0.25) is 0 Å². The number of aryl methyl sites for hydroxylation is 1. The Hall–Kier alpha value is -2.22. The van der Waals surface area contributed by atoms with Crippen LogP contribution in [0.4, 0.5) is 5.82 Å². The maximum absolute atomic E-state index is 12.9. The maximum atomic E-state index is 12.9. The van der Waals surface area contributed by atoms with Gasteiger partial charge in [-0.2, -0.15) is 14.6 Å². The van der Waals surface area contributed by atoms with Gasteiger partial charge in [-0.3, -0.25) is 4.79 Å². The van der Waals surface area contributed by atoms with Gasteiger partial charge in [-0.25, -0.2) is 4.98 Å². The topological polar surface area (TPSA) is 75.9 Å². The molecule has 2 aromatic rings. The Morgan fingerprint density at radius 2 is 2.16 bits per heavy atom. The summed E-state index contributed by atoms with van der Waals surface area (Å²) in [5.74, 6) is 1.89. The van der Waals surface area contributed by atoms with Crippen LogP contribution in [0.5, 0.6) is 0 Å². The van der Waals surface area contributed by atoms with E-state index in [4.69, 9.17) is 4.74 Å². The molecule has 2 fully saturated rings. The molecule has 0 radical (unpaired) electrons. The van der Waals surface area contributed by atoms with Gasteiger partial charge in [-0.1, -0.05) is 6.92 Å².